The minimum atomic E-state index is 0.130. The summed E-state index contributed by atoms with van der Waals surface area (Å²) in [6.45, 7) is 2.02. The molecule has 17 heavy (non-hydrogen) atoms. The molecule has 0 radical (unpaired) electrons. The van der Waals surface area contributed by atoms with E-state index >= 15 is 0 Å². The first-order chi connectivity index (χ1) is 8.25. The van der Waals surface area contributed by atoms with Gasteiger partial charge in [0.25, 0.3) is 0 Å². The van der Waals surface area contributed by atoms with Gasteiger partial charge in [-0.3, -0.25) is 0 Å². The molecule has 88 valence electrons. The van der Waals surface area contributed by atoms with Crippen LogP contribution in [0.3, 0.4) is 0 Å². The molecule has 0 heterocycles. The van der Waals surface area contributed by atoms with E-state index in [2.05, 4.69) is 54.6 Å². The number of nitrogens with two attached hydrogens (primary N) is 1. The number of hydrogen-bond donors (Lipinski definition) is 1. The standard InChI is InChI=1S/C15H17NSe/c1-12(16)14-7-9-15(10-8-14)17-11-13-5-3-2-4-6-13/h2-10,12H,11,16H2,1H3. The van der Waals surface area contributed by atoms with Crippen molar-refractivity contribution in [1.29, 1.82) is 0 Å². The normalized spacial score (nSPS) is 12.4. The first kappa shape index (κ1) is 12.4. The average molecular weight is 290 g/mol. The van der Waals surface area contributed by atoms with Crippen molar-refractivity contribution in [3.05, 3.63) is 65.7 Å². The molecule has 0 fully saturated rings. The molecule has 2 heteroatoms. The van der Waals surface area contributed by atoms with E-state index in [0.29, 0.717) is 15.0 Å². The molecule has 0 aliphatic heterocycles. The Bertz CT molecular complexity index is 448. The molecule has 0 bridgehead atoms. The second kappa shape index (κ2) is 6.02. The Labute approximate surface area is 109 Å². The van der Waals surface area contributed by atoms with Gasteiger partial charge in [-0.15, -0.1) is 0 Å². The Morgan fingerprint density at radius 3 is 2.24 bits per heavy atom. The van der Waals surface area contributed by atoms with Gasteiger partial charge in [-0.1, -0.05) is 0 Å². The van der Waals surface area contributed by atoms with Gasteiger partial charge in [0.05, 0.1) is 0 Å². The van der Waals surface area contributed by atoms with Crippen molar-refractivity contribution in [3.63, 3.8) is 0 Å². The number of benzene rings is 2. The summed E-state index contributed by atoms with van der Waals surface area (Å²) in [6.07, 6.45) is 0. The molecule has 2 rings (SSSR count). The van der Waals surface area contributed by atoms with Gasteiger partial charge in [0.15, 0.2) is 0 Å². The Morgan fingerprint density at radius 2 is 1.65 bits per heavy atom. The van der Waals surface area contributed by atoms with E-state index in [1.807, 2.05) is 6.92 Å². The van der Waals surface area contributed by atoms with Crippen molar-refractivity contribution in [1.82, 2.24) is 0 Å². The Morgan fingerprint density at radius 1 is 1.00 bits per heavy atom. The van der Waals surface area contributed by atoms with Crippen LogP contribution in [0.15, 0.2) is 54.6 Å². The third kappa shape index (κ3) is 3.71. The summed E-state index contributed by atoms with van der Waals surface area (Å²) in [5.41, 5.74) is 8.47. The molecule has 1 atom stereocenters. The zero-order chi connectivity index (χ0) is 12.1. The first-order valence-corrected chi connectivity index (χ1v) is 7.85. The Kier molecular flexibility index (Phi) is 4.38. The van der Waals surface area contributed by atoms with Gasteiger partial charge >= 0.3 is 109 Å². The van der Waals surface area contributed by atoms with Gasteiger partial charge in [-0.2, -0.15) is 0 Å². The predicted molar refractivity (Wildman–Crippen MR) is 74.6 cm³/mol. The van der Waals surface area contributed by atoms with E-state index in [1.54, 1.807) is 0 Å². The molecule has 1 nitrogen and oxygen atoms in total. The van der Waals surface area contributed by atoms with Gasteiger partial charge in [0.1, 0.15) is 0 Å². The average Bonchev–Trinajstić information content (AvgIpc) is 2.38. The van der Waals surface area contributed by atoms with E-state index in [-0.39, 0.29) is 6.04 Å². The molecule has 0 aliphatic carbocycles. The third-order valence-corrected chi connectivity index (χ3v) is 4.93. The summed E-state index contributed by atoms with van der Waals surface area (Å²) in [7, 11) is 0. The van der Waals surface area contributed by atoms with E-state index in [1.165, 1.54) is 15.6 Å². The van der Waals surface area contributed by atoms with Gasteiger partial charge in [-0.05, 0) is 0 Å². The van der Waals surface area contributed by atoms with Crippen molar-refractivity contribution in [2.24, 2.45) is 5.73 Å². The van der Waals surface area contributed by atoms with Crippen LogP contribution in [0.5, 0.6) is 0 Å². The van der Waals surface area contributed by atoms with Crippen LogP contribution in [0.25, 0.3) is 0 Å². The van der Waals surface area contributed by atoms with Gasteiger partial charge in [-0.25, -0.2) is 0 Å². The molecule has 1 unspecified atom stereocenters. The van der Waals surface area contributed by atoms with Crippen LogP contribution in [0, 0.1) is 0 Å². The van der Waals surface area contributed by atoms with Crippen molar-refractivity contribution in [3.8, 4) is 0 Å². The van der Waals surface area contributed by atoms with Crippen molar-refractivity contribution < 1.29 is 0 Å². The fourth-order valence-electron chi connectivity index (χ4n) is 1.61. The summed E-state index contributed by atoms with van der Waals surface area (Å²) in [6, 6.07) is 19.5. The van der Waals surface area contributed by atoms with Crippen LogP contribution in [-0.2, 0) is 5.32 Å². The Balaban J connectivity index is 1.96. The van der Waals surface area contributed by atoms with Crippen LogP contribution in [0.2, 0.25) is 0 Å². The summed E-state index contributed by atoms with van der Waals surface area (Å²) in [5.74, 6) is 0. The first-order valence-electron chi connectivity index (χ1n) is 5.78. The molecule has 0 aliphatic rings. The van der Waals surface area contributed by atoms with Crippen molar-refractivity contribution >= 4 is 19.4 Å². The fraction of sp³-hybridized carbons (Fsp3) is 0.200. The molecule has 2 N–H and O–H groups in total. The number of hydrogen-bond acceptors (Lipinski definition) is 1. The minimum absolute atomic E-state index is 0.130. The maximum absolute atomic E-state index is 5.83. The predicted octanol–water partition coefficient (Wildman–Crippen LogP) is 2.24. The van der Waals surface area contributed by atoms with E-state index < -0.39 is 0 Å². The van der Waals surface area contributed by atoms with Gasteiger partial charge in [0.2, 0.25) is 0 Å². The van der Waals surface area contributed by atoms with Crippen LogP contribution >= 0.6 is 0 Å². The second-order valence-corrected chi connectivity index (χ2v) is 6.33. The third-order valence-electron chi connectivity index (χ3n) is 2.65. The Hall–Kier alpha value is -1.08. The fourth-order valence-corrected chi connectivity index (χ4v) is 3.40. The van der Waals surface area contributed by atoms with E-state index in [9.17, 15) is 0 Å². The summed E-state index contributed by atoms with van der Waals surface area (Å²) in [5, 5.41) is 1.16. The quantitative estimate of drug-likeness (QED) is 0.859. The zero-order valence-corrected chi connectivity index (χ0v) is 11.7. The summed E-state index contributed by atoms with van der Waals surface area (Å²) in [4.78, 5) is 0. The van der Waals surface area contributed by atoms with Crippen LogP contribution in [0.1, 0.15) is 24.1 Å². The van der Waals surface area contributed by atoms with Crippen molar-refractivity contribution in [2.45, 2.75) is 18.3 Å². The van der Waals surface area contributed by atoms with Gasteiger partial charge in [0, 0.05) is 0 Å². The second-order valence-electron chi connectivity index (χ2n) is 4.13. The molecule has 0 amide bonds. The van der Waals surface area contributed by atoms with Crippen LogP contribution < -0.4 is 10.2 Å². The zero-order valence-electron chi connectivity index (χ0n) is 9.97. The molecule has 0 aromatic heterocycles. The van der Waals surface area contributed by atoms with Crippen molar-refractivity contribution in [2.75, 3.05) is 0 Å². The SMILES string of the molecule is CC(N)c1ccc([Se]Cc2ccccc2)cc1. The van der Waals surface area contributed by atoms with E-state index in [0.717, 1.165) is 5.32 Å². The molecule has 0 spiro atoms. The number of rotatable bonds is 4. The molecule has 0 saturated heterocycles. The maximum atomic E-state index is 5.83. The molecule has 2 aromatic carbocycles. The molecule has 2 aromatic rings. The van der Waals surface area contributed by atoms with Crippen LogP contribution in [-0.4, -0.2) is 15.0 Å². The summed E-state index contributed by atoms with van der Waals surface area (Å²) >= 11 is 0.512. The monoisotopic (exact) mass is 291 g/mol. The van der Waals surface area contributed by atoms with E-state index in [4.69, 9.17) is 5.73 Å². The molecule has 0 saturated carbocycles. The summed E-state index contributed by atoms with van der Waals surface area (Å²) < 4.78 is 1.44. The van der Waals surface area contributed by atoms with Gasteiger partial charge < -0.3 is 0 Å². The van der Waals surface area contributed by atoms with Crippen LogP contribution in [0.4, 0.5) is 0 Å². The molecular formula is C15H17NSe. The topological polar surface area (TPSA) is 26.0 Å². The molecular weight excluding hydrogens is 273 g/mol.